The van der Waals surface area contributed by atoms with Crippen LogP contribution in [0.3, 0.4) is 0 Å². The summed E-state index contributed by atoms with van der Waals surface area (Å²) in [5.41, 5.74) is 1.27. The lowest BCUT2D eigenvalue weighted by Gasteiger charge is -2.45. The summed E-state index contributed by atoms with van der Waals surface area (Å²) >= 11 is 3.39. The molecule has 0 bridgehead atoms. The van der Waals surface area contributed by atoms with Gasteiger partial charge in [-0.3, -0.25) is 0 Å². The van der Waals surface area contributed by atoms with Gasteiger partial charge in [0.15, 0.2) is 0 Å². The van der Waals surface area contributed by atoms with Crippen LogP contribution in [0.2, 0.25) is 0 Å². The molecule has 118 valence electrons. The Morgan fingerprint density at radius 2 is 2.33 bits per heavy atom. The molecule has 0 aromatic carbocycles. The van der Waals surface area contributed by atoms with Crippen molar-refractivity contribution in [2.75, 3.05) is 24.7 Å². The molecule has 2 atom stereocenters. The molecule has 0 saturated carbocycles. The summed E-state index contributed by atoms with van der Waals surface area (Å²) in [5.74, 6) is 3.12. The van der Waals surface area contributed by atoms with E-state index in [0.717, 1.165) is 31.7 Å². The SMILES string of the molecule is CCCNC(c1cnsn1)C1CCOC2(CCSCC2)C1. The standard InChI is InChI=1S/C15H25N3OS2/c1-2-6-16-14(13-11-17-21-18-13)12-3-7-19-15(10-12)4-8-20-9-5-15/h11-12,14,16H,2-10H2,1H3. The number of ether oxygens (including phenoxy) is 1. The predicted molar refractivity (Wildman–Crippen MR) is 88.9 cm³/mol. The minimum atomic E-state index is 0.143. The molecule has 3 heterocycles. The fourth-order valence-electron chi connectivity index (χ4n) is 3.56. The van der Waals surface area contributed by atoms with Gasteiger partial charge in [0.05, 0.1) is 35.3 Å². The molecule has 0 amide bonds. The van der Waals surface area contributed by atoms with E-state index < -0.39 is 0 Å². The summed E-state index contributed by atoms with van der Waals surface area (Å²) < 4.78 is 14.9. The van der Waals surface area contributed by atoms with Crippen LogP contribution < -0.4 is 5.32 Å². The fraction of sp³-hybridized carbons (Fsp3) is 0.867. The summed E-state index contributed by atoms with van der Waals surface area (Å²) in [5, 5.41) is 3.71. The molecular weight excluding hydrogens is 302 g/mol. The zero-order chi connectivity index (χ0) is 14.5. The lowest BCUT2D eigenvalue weighted by Crippen LogP contribution is -2.46. The summed E-state index contributed by atoms with van der Waals surface area (Å²) in [6.45, 7) is 4.16. The molecule has 1 spiro atoms. The molecule has 2 aliphatic heterocycles. The van der Waals surface area contributed by atoms with Gasteiger partial charge in [0.1, 0.15) is 0 Å². The normalized spacial score (nSPS) is 26.8. The van der Waals surface area contributed by atoms with Gasteiger partial charge in [-0.1, -0.05) is 6.92 Å². The van der Waals surface area contributed by atoms with Crippen LogP contribution in [0.4, 0.5) is 0 Å². The van der Waals surface area contributed by atoms with Gasteiger partial charge in [-0.25, -0.2) is 0 Å². The Kier molecular flexibility index (Phi) is 5.54. The first-order valence-electron chi connectivity index (χ1n) is 8.05. The van der Waals surface area contributed by atoms with Crippen molar-refractivity contribution in [2.45, 2.75) is 50.7 Å². The van der Waals surface area contributed by atoms with Crippen molar-refractivity contribution in [3.8, 4) is 0 Å². The molecule has 2 aliphatic rings. The number of hydrogen-bond donors (Lipinski definition) is 1. The minimum absolute atomic E-state index is 0.143. The van der Waals surface area contributed by atoms with E-state index in [1.54, 1.807) is 0 Å². The maximum absolute atomic E-state index is 6.23. The Balaban J connectivity index is 1.72. The third-order valence-electron chi connectivity index (χ3n) is 4.72. The van der Waals surface area contributed by atoms with Crippen LogP contribution >= 0.6 is 23.5 Å². The number of hydrogen-bond acceptors (Lipinski definition) is 6. The lowest BCUT2D eigenvalue weighted by molar-refractivity contribution is -0.107. The van der Waals surface area contributed by atoms with Crippen molar-refractivity contribution in [1.29, 1.82) is 0 Å². The predicted octanol–water partition coefficient (Wildman–Crippen LogP) is 3.27. The molecule has 4 nitrogen and oxygen atoms in total. The molecule has 2 saturated heterocycles. The van der Waals surface area contributed by atoms with Crippen molar-refractivity contribution >= 4 is 23.5 Å². The van der Waals surface area contributed by atoms with E-state index in [1.165, 1.54) is 42.5 Å². The third-order valence-corrected chi connectivity index (χ3v) is 6.20. The van der Waals surface area contributed by atoms with Crippen molar-refractivity contribution in [2.24, 2.45) is 5.92 Å². The van der Waals surface area contributed by atoms with Crippen molar-refractivity contribution in [1.82, 2.24) is 14.1 Å². The van der Waals surface area contributed by atoms with Crippen LogP contribution in [-0.4, -0.2) is 39.0 Å². The second-order valence-corrected chi connectivity index (χ2v) is 7.94. The number of nitrogens with one attached hydrogen (secondary N) is 1. The maximum atomic E-state index is 6.23. The highest BCUT2D eigenvalue weighted by Crippen LogP contribution is 2.43. The van der Waals surface area contributed by atoms with Crippen LogP contribution in [0, 0.1) is 5.92 Å². The molecular formula is C15H25N3OS2. The average Bonchev–Trinajstić information content (AvgIpc) is 3.03. The topological polar surface area (TPSA) is 47.0 Å². The Labute approximate surface area is 135 Å². The quantitative estimate of drug-likeness (QED) is 0.899. The van der Waals surface area contributed by atoms with E-state index in [4.69, 9.17) is 4.74 Å². The van der Waals surface area contributed by atoms with Crippen LogP contribution in [0.15, 0.2) is 6.20 Å². The van der Waals surface area contributed by atoms with Crippen LogP contribution in [0.25, 0.3) is 0 Å². The first-order valence-corrected chi connectivity index (χ1v) is 9.94. The number of nitrogens with zero attached hydrogens (tertiary/aromatic N) is 2. The highest BCUT2D eigenvalue weighted by Gasteiger charge is 2.41. The monoisotopic (exact) mass is 327 g/mol. The molecule has 21 heavy (non-hydrogen) atoms. The summed E-state index contributed by atoms with van der Waals surface area (Å²) in [6.07, 6.45) is 7.82. The molecule has 1 N–H and O–H groups in total. The Hall–Kier alpha value is -0.170. The van der Waals surface area contributed by atoms with Crippen molar-refractivity contribution in [3.05, 3.63) is 11.9 Å². The van der Waals surface area contributed by atoms with Gasteiger partial charge >= 0.3 is 0 Å². The average molecular weight is 328 g/mol. The second kappa shape index (κ2) is 7.40. The first kappa shape index (κ1) is 15.7. The maximum Gasteiger partial charge on any atom is 0.0915 e. The van der Waals surface area contributed by atoms with Gasteiger partial charge in [0.2, 0.25) is 0 Å². The zero-order valence-corrected chi connectivity index (χ0v) is 14.3. The van der Waals surface area contributed by atoms with E-state index in [1.807, 2.05) is 6.20 Å². The Morgan fingerprint density at radius 3 is 3.05 bits per heavy atom. The lowest BCUT2D eigenvalue weighted by atomic mass is 9.78. The van der Waals surface area contributed by atoms with E-state index in [9.17, 15) is 0 Å². The van der Waals surface area contributed by atoms with Gasteiger partial charge in [0.25, 0.3) is 0 Å². The van der Waals surface area contributed by atoms with Gasteiger partial charge in [-0.05, 0) is 56.1 Å². The Morgan fingerprint density at radius 1 is 1.48 bits per heavy atom. The van der Waals surface area contributed by atoms with E-state index in [2.05, 4.69) is 32.7 Å². The van der Waals surface area contributed by atoms with E-state index in [0.29, 0.717) is 12.0 Å². The number of rotatable bonds is 5. The molecule has 2 fully saturated rings. The molecule has 3 rings (SSSR count). The van der Waals surface area contributed by atoms with Crippen molar-refractivity contribution in [3.63, 3.8) is 0 Å². The van der Waals surface area contributed by atoms with Gasteiger partial charge in [-0.2, -0.15) is 20.5 Å². The van der Waals surface area contributed by atoms with E-state index >= 15 is 0 Å². The fourth-order valence-corrected chi connectivity index (χ4v) is 5.26. The molecule has 6 heteroatoms. The number of thioether (sulfide) groups is 1. The van der Waals surface area contributed by atoms with E-state index in [-0.39, 0.29) is 5.60 Å². The molecule has 0 radical (unpaired) electrons. The van der Waals surface area contributed by atoms with Gasteiger partial charge < -0.3 is 10.1 Å². The van der Waals surface area contributed by atoms with Crippen LogP contribution in [0.5, 0.6) is 0 Å². The van der Waals surface area contributed by atoms with Crippen molar-refractivity contribution < 1.29 is 4.74 Å². The minimum Gasteiger partial charge on any atom is -0.375 e. The Bertz CT molecular complexity index is 415. The van der Waals surface area contributed by atoms with Crippen LogP contribution in [0.1, 0.15) is 50.8 Å². The second-order valence-electron chi connectivity index (χ2n) is 6.16. The zero-order valence-electron chi connectivity index (χ0n) is 12.7. The highest BCUT2D eigenvalue weighted by atomic mass is 32.2. The van der Waals surface area contributed by atoms with Gasteiger partial charge in [-0.15, -0.1) is 0 Å². The van der Waals surface area contributed by atoms with Crippen LogP contribution in [-0.2, 0) is 4.74 Å². The molecule has 0 aliphatic carbocycles. The third kappa shape index (κ3) is 3.78. The molecule has 1 aromatic rings. The number of aromatic nitrogens is 2. The summed E-state index contributed by atoms with van der Waals surface area (Å²) in [4.78, 5) is 0. The van der Waals surface area contributed by atoms with Gasteiger partial charge in [0, 0.05) is 6.61 Å². The smallest absolute Gasteiger partial charge is 0.0915 e. The largest absolute Gasteiger partial charge is 0.375 e. The highest BCUT2D eigenvalue weighted by molar-refractivity contribution is 7.99. The first-order chi connectivity index (χ1) is 10.3. The summed E-state index contributed by atoms with van der Waals surface area (Å²) in [7, 11) is 0. The molecule has 2 unspecified atom stereocenters. The summed E-state index contributed by atoms with van der Waals surface area (Å²) in [6, 6.07) is 0.346. The molecule has 1 aromatic heterocycles.